The number of tetrazole rings is 1. The molecule has 1 atom stereocenters. The number of anilines is 1. The molecule has 0 fully saturated rings. The first-order valence-electron chi connectivity index (χ1n) is 6.95. The molecule has 0 aliphatic heterocycles. The Morgan fingerprint density at radius 1 is 1.48 bits per heavy atom. The molecule has 0 aliphatic rings. The smallest absolute Gasteiger partial charge is 0.224 e. The molecule has 0 radical (unpaired) electrons. The summed E-state index contributed by atoms with van der Waals surface area (Å²) in [7, 11) is 0. The zero-order valence-corrected chi connectivity index (χ0v) is 12.3. The minimum atomic E-state index is -0.0131. The molecule has 0 spiro atoms. The summed E-state index contributed by atoms with van der Waals surface area (Å²) >= 11 is 0. The standard InChI is InChI=1S/C14H20N6O/c1-10(9-15)6-7-14(21)16-12-4-3-5-13(8-12)20-11(2)17-18-19-20/h3-5,8,10H,6-7,9,15H2,1-2H3,(H,16,21). The Morgan fingerprint density at radius 2 is 2.29 bits per heavy atom. The van der Waals surface area contributed by atoms with Crippen molar-refractivity contribution in [3.05, 3.63) is 30.1 Å². The van der Waals surface area contributed by atoms with Crippen LogP contribution < -0.4 is 11.1 Å². The van der Waals surface area contributed by atoms with Crippen molar-refractivity contribution >= 4 is 11.6 Å². The third-order valence-electron chi connectivity index (χ3n) is 3.27. The van der Waals surface area contributed by atoms with Crippen molar-refractivity contribution < 1.29 is 4.79 Å². The van der Waals surface area contributed by atoms with E-state index in [-0.39, 0.29) is 5.91 Å². The van der Waals surface area contributed by atoms with Gasteiger partial charge in [0.1, 0.15) is 0 Å². The second kappa shape index (κ2) is 6.94. The van der Waals surface area contributed by atoms with Crippen LogP contribution in [-0.4, -0.2) is 32.7 Å². The van der Waals surface area contributed by atoms with Crippen LogP contribution in [0.25, 0.3) is 5.69 Å². The molecule has 1 amide bonds. The molecule has 7 heteroatoms. The topological polar surface area (TPSA) is 98.7 Å². The van der Waals surface area contributed by atoms with Gasteiger partial charge >= 0.3 is 0 Å². The number of hydrogen-bond donors (Lipinski definition) is 2. The third-order valence-corrected chi connectivity index (χ3v) is 3.27. The van der Waals surface area contributed by atoms with Gasteiger partial charge in [-0.3, -0.25) is 4.79 Å². The number of hydrogen-bond acceptors (Lipinski definition) is 5. The molecule has 0 bridgehead atoms. The van der Waals surface area contributed by atoms with E-state index in [4.69, 9.17) is 5.73 Å². The summed E-state index contributed by atoms with van der Waals surface area (Å²) in [6.07, 6.45) is 1.25. The van der Waals surface area contributed by atoms with Crippen LogP contribution in [-0.2, 0) is 4.79 Å². The molecule has 1 unspecified atom stereocenters. The average Bonchev–Trinajstić information content (AvgIpc) is 2.91. The molecule has 7 nitrogen and oxygen atoms in total. The predicted octanol–water partition coefficient (Wildman–Crippen LogP) is 1.28. The molecule has 2 aromatic rings. The molecule has 1 heterocycles. The van der Waals surface area contributed by atoms with E-state index in [9.17, 15) is 4.79 Å². The summed E-state index contributed by atoms with van der Waals surface area (Å²) in [5, 5.41) is 14.2. The summed E-state index contributed by atoms with van der Waals surface area (Å²) in [6, 6.07) is 7.42. The SMILES string of the molecule is Cc1nnnn1-c1cccc(NC(=O)CCC(C)CN)c1. The van der Waals surface area contributed by atoms with Crippen molar-refractivity contribution in [2.45, 2.75) is 26.7 Å². The highest BCUT2D eigenvalue weighted by Crippen LogP contribution is 2.15. The monoisotopic (exact) mass is 288 g/mol. The van der Waals surface area contributed by atoms with E-state index in [1.54, 1.807) is 4.68 Å². The first-order valence-corrected chi connectivity index (χ1v) is 6.95. The maximum absolute atomic E-state index is 11.9. The minimum Gasteiger partial charge on any atom is -0.330 e. The fraction of sp³-hybridized carbons (Fsp3) is 0.429. The number of aromatic nitrogens is 4. The van der Waals surface area contributed by atoms with E-state index < -0.39 is 0 Å². The second-order valence-corrected chi connectivity index (χ2v) is 5.12. The number of nitrogens with two attached hydrogens (primary N) is 1. The Morgan fingerprint density at radius 3 is 2.95 bits per heavy atom. The maximum atomic E-state index is 11.9. The van der Waals surface area contributed by atoms with Gasteiger partial charge in [-0.25, -0.2) is 0 Å². The zero-order valence-electron chi connectivity index (χ0n) is 12.3. The molecular weight excluding hydrogens is 268 g/mol. The van der Waals surface area contributed by atoms with Crippen molar-refractivity contribution in [1.82, 2.24) is 20.2 Å². The highest BCUT2D eigenvalue weighted by atomic mass is 16.1. The highest BCUT2D eigenvalue weighted by Gasteiger charge is 2.08. The van der Waals surface area contributed by atoms with Gasteiger partial charge in [0.25, 0.3) is 0 Å². The lowest BCUT2D eigenvalue weighted by molar-refractivity contribution is -0.116. The molecule has 2 rings (SSSR count). The number of nitrogens with one attached hydrogen (secondary N) is 1. The van der Waals surface area contributed by atoms with E-state index in [0.29, 0.717) is 24.7 Å². The van der Waals surface area contributed by atoms with Crippen LogP contribution >= 0.6 is 0 Å². The number of rotatable bonds is 6. The predicted molar refractivity (Wildman–Crippen MR) is 80.0 cm³/mol. The average molecular weight is 288 g/mol. The number of nitrogens with zero attached hydrogens (tertiary/aromatic N) is 4. The van der Waals surface area contributed by atoms with Gasteiger partial charge in [0.05, 0.1) is 5.69 Å². The summed E-state index contributed by atoms with van der Waals surface area (Å²) in [6.45, 7) is 4.45. The van der Waals surface area contributed by atoms with Crippen LogP contribution in [0.4, 0.5) is 5.69 Å². The Labute approximate surface area is 123 Å². The Hall–Kier alpha value is -2.28. The molecular formula is C14H20N6O. The van der Waals surface area contributed by atoms with E-state index in [0.717, 1.165) is 17.8 Å². The molecule has 3 N–H and O–H groups in total. The Balaban J connectivity index is 2.02. The van der Waals surface area contributed by atoms with Crippen LogP contribution in [0.2, 0.25) is 0 Å². The number of benzene rings is 1. The van der Waals surface area contributed by atoms with Crippen molar-refractivity contribution in [3.8, 4) is 5.69 Å². The Kier molecular flexibility index (Phi) is 4.99. The lowest BCUT2D eigenvalue weighted by Gasteiger charge is -2.10. The van der Waals surface area contributed by atoms with Crippen LogP contribution in [0.5, 0.6) is 0 Å². The quantitative estimate of drug-likeness (QED) is 0.834. The van der Waals surface area contributed by atoms with E-state index in [1.807, 2.05) is 38.1 Å². The van der Waals surface area contributed by atoms with E-state index in [1.165, 1.54) is 0 Å². The van der Waals surface area contributed by atoms with E-state index in [2.05, 4.69) is 20.8 Å². The molecule has 0 saturated heterocycles. The van der Waals surface area contributed by atoms with Gasteiger partial charge in [-0.2, -0.15) is 4.68 Å². The summed E-state index contributed by atoms with van der Waals surface area (Å²) in [5.74, 6) is 1.03. The highest BCUT2D eigenvalue weighted by molar-refractivity contribution is 5.90. The van der Waals surface area contributed by atoms with Gasteiger partial charge in [-0.05, 0) is 54.4 Å². The Bertz CT molecular complexity index is 609. The first-order chi connectivity index (χ1) is 10.1. The van der Waals surface area contributed by atoms with Gasteiger partial charge < -0.3 is 11.1 Å². The number of carbonyl (C=O) groups is 1. The van der Waals surface area contributed by atoms with Gasteiger partial charge in [-0.15, -0.1) is 5.10 Å². The lowest BCUT2D eigenvalue weighted by Crippen LogP contribution is -2.16. The fourth-order valence-electron chi connectivity index (χ4n) is 1.90. The van der Waals surface area contributed by atoms with Gasteiger partial charge in [0.15, 0.2) is 5.82 Å². The summed E-state index contributed by atoms with van der Waals surface area (Å²) in [5.41, 5.74) is 7.09. The van der Waals surface area contributed by atoms with Gasteiger partial charge in [0, 0.05) is 12.1 Å². The van der Waals surface area contributed by atoms with Crippen molar-refractivity contribution in [2.75, 3.05) is 11.9 Å². The fourth-order valence-corrected chi connectivity index (χ4v) is 1.90. The molecule has 0 aliphatic carbocycles. The van der Waals surface area contributed by atoms with Crippen LogP contribution in [0.15, 0.2) is 24.3 Å². The first kappa shape index (κ1) is 15.1. The van der Waals surface area contributed by atoms with Crippen LogP contribution in [0, 0.1) is 12.8 Å². The van der Waals surface area contributed by atoms with Gasteiger partial charge in [0.2, 0.25) is 5.91 Å². The number of amides is 1. The lowest BCUT2D eigenvalue weighted by atomic mass is 10.1. The summed E-state index contributed by atoms with van der Waals surface area (Å²) in [4.78, 5) is 11.9. The number of aryl methyl sites for hydroxylation is 1. The largest absolute Gasteiger partial charge is 0.330 e. The third kappa shape index (κ3) is 4.09. The van der Waals surface area contributed by atoms with Crippen molar-refractivity contribution in [2.24, 2.45) is 11.7 Å². The second-order valence-electron chi connectivity index (χ2n) is 5.12. The molecule has 1 aromatic heterocycles. The van der Waals surface area contributed by atoms with Gasteiger partial charge in [-0.1, -0.05) is 13.0 Å². The zero-order chi connectivity index (χ0) is 15.2. The normalized spacial score (nSPS) is 12.1. The molecule has 0 saturated carbocycles. The summed E-state index contributed by atoms with van der Waals surface area (Å²) < 4.78 is 1.62. The molecule has 21 heavy (non-hydrogen) atoms. The maximum Gasteiger partial charge on any atom is 0.224 e. The van der Waals surface area contributed by atoms with E-state index >= 15 is 0 Å². The molecule has 112 valence electrons. The van der Waals surface area contributed by atoms with Crippen LogP contribution in [0.3, 0.4) is 0 Å². The van der Waals surface area contributed by atoms with Crippen LogP contribution in [0.1, 0.15) is 25.6 Å². The van der Waals surface area contributed by atoms with Crippen molar-refractivity contribution in [3.63, 3.8) is 0 Å². The van der Waals surface area contributed by atoms with Crippen molar-refractivity contribution in [1.29, 1.82) is 0 Å². The number of carbonyl (C=O) groups excluding carboxylic acids is 1. The minimum absolute atomic E-state index is 0.0131. The molecule has 1 aromatic carbocycles.